The van der Waals surface area contributed by atoms with Crippen molar-refractivity contribution in [3.8, 4) is 0 Å². The normalized spacial score (nSPS) is 15.8. The molecule has 1 aliphatic heterocycles. The number of carbonyl (C=O) groups is 1. The lowest BCUT2D eigenvalue weighted by Gasteiger charge is -2.34. The van der Waals surface area contributed by atoms with Crippen molar-refractivity contribution >= 4 is 16.9 Å². The van der Waals surface area contributed by atoms with Crippen molar-refractivity contribution in [1.82, 2.24) is 29.3 Å². The Bertz CT molecular complexity index is 874. The smallest absolute Gasteiger partial charge is 0.254 e. The van der Waals surface area contributed by atoms with E-state index in [1.54, 1.807) is 6.33 Å². The number of piperazine rings is 1. The molecule has 7 heteroatoms. The molecule has 1 aliphatic rings. The summed E-state index contributed by atoms with van der Waals surface area (Å²) in [6.45, 7) is 7.30. The number of nitrogens with one attached hydrogen (secondary N) is 1. The van der Waals surface area contributed by atoms with E-state index in [0.717, 1.165) is 61.7 Å². The molecule has 0 unspecified atom stereocenters. The summed E-state index contributed by atoms with van der Waals surface area (Å²) in [7, 11) is 0. The van der Waals surface area contributed by atoms with Crippen LogP contribution in [0.4, 0.5) is 0 Å². The zero-order chi connectivity index (χ0) is 17.2. The number of aryl methyl sites for hydroxylation is 1. The second-order valence-corrected chi connectivity index (χ2v) is 6.44. The standard InChI is InChI=1S/C18H22N6O/c1-14-19-4-5-23(14)9-6-22-7-10-24(11-8-22)18(25)15-2-3-16-17(12-15)21-13-20-16/h2-5,12-13H,6-11H2,1H3,(H,20,21). The zero-order valence-electron chi connectivity index (χ0n) is 14.4. The second kappa shape index (κ2) is 6.68. The van der Waals surface area contributed by atoms with E-state index in [9.17, 15) is 4.79 Å². The maximum absolute atomic E-state index is 12.7. The summed E-state index contributed by atoms with van der Waals surface area (Å²) < 4.78 is 2.16. The maximum atomic E-state index is 12.7. The lowest BCUT2D eigenvalue weighted by atomic mass is 10.1. The average Bonchev–Trinajstić information content (AvgIpc) is 3.27. The quantitative estimate of drug-likeness (QED) is 0.783. The minimum absolute atomic E-state index is 0.0987. The van der Waals surface area contributed by atoms with Crippen LogP contribution in [0.5, 0.6) is 0 Å². The van der Waals surface area contributed by atoms with Gasteiger partial charge in [-0.1, -0.05) is 0 Å². The van der Waals surface area contributed by atoms with Gasteiger partial charge in [0.2, 0.25) is 0 Å². The number of amides is 1. The van der Waals surface area contributed by atoms with Crippen molar-refractivity contribution in [2.45, 2.75) is 13.5 Å². The van der Waals surface area contributed by atoms with Crippen molar-refractivity contribution in [1.29, 1.82) is 0 Å². The van der Waals surface area contributed by atoms with Crippen LogP contribution in [-0.2, 0) is 6.54 Å². The number of carbonyl (C=O) groups excluding carboxylic acids is 1. The Kier molecular flexibility index (Phi) is 4.23. The topological polar surface area (TPSA) is 70.1 Å². The Morgan fingerprint density at radius 3 is 2.76 bits per heavy atom. The number of aromatic amines is 1. The molecule has 3 aromatic rings. The molecule has 1 fully saturated rings. The number of benzene rings is 1. The molecule has 0 radical (unpaired) electrons. The van der Waals surface area contributed by atoms with E-state index in [1.165, 1.54) is 0 Å². The number of imidazole rings is 2. The van der Waals surface area contributed by atoms with Gasteiger partial charge in [0.15, 0.2) is 0 Å². The highest BCUT2D eigenvalue weighted by Crippen LogP contribution is 2.15. The SMILES string of the molecule is Cc1nccn1CCN1CCN(C(=O)c2ccc3nc[nH]c3c2)CC1. The molecule has 0 saturated carbocycles. The molecule has 130 valence electrons. The van der Waals surface area contributed by atoms with Gasteiger partial charge in [-0.2, -0.15) is 0 Å². The fourth-order valence-corrected chi connectivity index (χ4v) is 3.31. The van der Waals surface area contributed by atoms with Crippen molar-refractivity contribution in [3.63, 3.8) is 0 Å². The molecule has 4 rings (SSSR count). The molecule has 0 bridgehead atoms. The first kappa shape index (κ1) is 15.8. The van der Waals surface area contributed by atoms with Crippen LogP contribution in [0.25, 0.3) is 11.0 Å². The fourth-order valence-electron chi connectivity index (χ4n) is 3.31. The molecule has 0 aliphatic carbocycles. The van der Waals surface area contributed by atoms with E-state index in [-0.39, 0.29) is 5.91 Å². The third kappa shape index (κ3) is 3.28. The van der Waals surface area contributed by atoms with Gasteiger partial charge < -0.3 is 14.5 Å². The molecule has 1 amide bonds. The maximum Gasteiger partial charge on any atom is 0.254 e. The van der Waals surface area contributed by atoms with Crippen LogP contribution < -0.4 is 0 Å². The van der Waals surface area contributed by atoms with Crippen LogP contribution in [0.3, 0.4) is 0 Å². The summed E-state index contributed by atoms with van der Waals surface area (Å²) in [5.41, 5.74) is 2.51. The summed E-state index contributed by atoms with van der Waals surface area (Å²) >= 11 is 0. The Morgan fingerprint density at radius 2 is 2.00 bits per heavy atom. The van der Waals surface area contributed by atoms with E-state index in [2.05, 4.69) is 24.4 Å². The first-order valence-electron chi connectivity index (χ1n) is 8.63. The van der Waals surface area contributed by atoms with E-state index in [1.807, 2.05) is 42.4 Å². The number of rotatable bonds is 4. The Hall–Kier alpha value is -2.67. The highest BCUT2D eigenvalue weighted by Gasteiger charge is 2.22. The van der Waals surface area contributed by atoms with E-state index >= 15 is 0 Å². The molecule has 7 nitrogen and oxygen atoms in total. The van der Waals surface area contributed by atoms with Crippen molar-refractivity contribution in [2.24, 2.45) is 0 Å². The van der Waals surface area contributed by atoms with Gasteiger partial charge in [0, 0.05) is 57.2 Å². The van der Waals surface area contributed by atoms with Crippen molar-refractivity contribution in [2.75, 3.05) is 32.7 Å². The Morgan fingerprint density at radius 1 is 1.16 bits per heavy atom. The fraction of sp³-hybridized carbons (Fsp3) is 0.389. The first-order valence-corrected chi connectivity index (χ1v) is 8.63. The summed E-state index contributed by atoms with van der Waals surface area (Å²) in [4.78, 5) is 28.6. The molecule has 25 heavy (non-hydrogen) atoms. The van der Waals surface area contributed by atoms with Gasteiger partial charge in [-0.05, 0) is 25.1 Å². The molecule has 1 N–H and O–H groups in total. The third-order valence-electron chi connectivity index (χ3n) is 4.91. The summed E-state index contributed by atoms with van der Waals surface area (Å²) in [6.07, 6.45) is 5.50. The lowest BCUT2D eigenvalue weighted by molar-refractivity contribution is 0.0633. The number of aromatic nitrogens is 4. The van der Waals surface area contributed by atoms with Crippen LogP contribution >= 0.6 is 0 Å². The average molecular weight is 338 g/mol. The Balaban J connectivity index is 1.33. The van der Waals surface area contributed by atoms with Crippen LogP contribution in [0.15, 0.2) is 36.9 Å². The first-order chi connectivity index (χ1) is 12.2. The van der Waals surface area contributed by atoms with E-state index in [0.29, 0.717) is 0 Å². The highest BCUT2D eigenvalue weighted by molar-refractivity contribution is 5.97. The Labute approximate surface area is 146 Å². The minimum atomic E-state index is 0.0987. The number of nitrogens with zero attached hydrogens (tertiary/aromatic N) is 5. The number of hydrogen-bond donors (Lipinski definition) is 1. The molecular weight excluding hydrogens is 316 g/mol. The predicted octanol–water partition coefficient (Wildman–Crippen LogP) is 1.53. The van der Waals surface area contributed by atoms with Gasteiger partial charge in [0.1, 0.15) is 5.82 Å². The lowest BCUT2D eigenvalue weighted by Crippen LogP contribution is -2.49. The summed E-state index contributed by atoms with van der Waals surface area (Å²) in [6, 6.07) is 5.64. The van der Waals surface area contributed by atoms with Crippen LogP contribution in [0.1, 0.15) is 16.2 Å². The van der Waals surface area contributed by atoms with E-state index in [4.69, 9.17) is 0 Å². The molecule has 2 aromatic heterocycles. The highest BCUT2D eigenvalue weighted by atomic mass is 16.2. The number of fused-ring (bicyclic) bond motifs is 1. The largest absolute Gasteiger partial charge is 0.345 e. The second-order valence-electron chi connectivity index (χ2n) is 6.44. The molecule has 3 heterocycles. The van der Waals surface area contributed by atoms with Gasteiger partial charge in [-0.15, -0.1) is 0 Å². The molecule has 1 saturated heterocycles. The molecule has 1 aromatic carbocycles. The van der Waals surface area contributed by atoms with Crippen LogP contribution in [0, 0.1) is 6.92 Å². The number of H-pyrrole nitrogens is 1. The molecule has 0 spiro atoms. The summed E-state index contributed by atoms with van der Waals surface area (Å²) in [5.74, 6) is 1.14. The van der Waals surface area contributed by atoms with Gasteiger partial charge >= 0.3 is 0 Å². The van der Waals surface area contributed by atoms with Crippen molar-refractivity contribution < 1.29 is 4.79 Å². The van der Waals surface area contributed by atoms with Gasteiger partial charge in [-0.3, -0.25) is 9.69 Å². The zero-order valence-corrected chi connectivity index (χ0v) is 14.4. The third-order valence-corrected chi connectivity index (χ3v) is 4.91. The molecule has 0 atom stereocenters. The van der Waals surface area contributed by atoms with Crippen LogP contribution in [-0.4, -0.2) is 67.9 Å². The monoisotopic (exact) mass is 338 g/mol. The predicted molar refractivity (Wildman–Crippen MR) is 95.4 cm³/mol. The van der Waals surface area contributed by atoms with E-state index < -0.39 is 0 Å². The van der Waals surface area contributed by atoms with Crippen molar-refractivity contribution in [3.05, 3.63) is 48.3 Å². The van der Waals surface area contributed by atoms with Crippen LogP contribution in [0.2, 0.25) is 0 Å². The van der Waals surface area contributed by atoms with Gasteiger partial charge in [-0.25, -0.2) is 9.97 Å². The number of hydrogen-bond acceptors (Lipinski definition) is 4. The van der Waals surface area contributed by atoms with Gasteiger partial charge in [0.05, 0.1) is 17.4 Å². The summed E-state index contributed by atoms with van der Waals surface area (Å²) in [5, 5.41) is 0. The molecular formula is C18H22N6O. The van der Waals surface area contributed by atoms with Gasteiger partial charge in [0.25, 0.3) is 5.91 Å². The minimum Gasteiger partial charge on any atom is -0.345 e.